The molecule has 0 unspecified atom stereocenters. The third-order valence-corrected chi connectivity index (χ3v) is 4.06. The van der Waals surface area contributed by atoms with Crippen LogP contribution in [0.5, 0.6) is 0 Å². The summed E-state index contributed by atoms with van der Waals surface area (Å²) in [7, 11) is 0. The van der Waals surface area contributed by atoms with Gasteiger partial charge in [0.1, 0.15) is 6.54 Å². The predicted molar refractivity (Wildman–Crippen MR) is 77.4 cm³/mol. The third-order valence-electron chi connectivity index (χ3n) is 3.12. The lowest BCUT2D eigenvalue weighted by Gasteiger charge is -2.14. The average molecular weight is 295 g/mol. The van der Waals surface area contributed by atoms with Crippen molar-refractivity contribution in [3.8, 4) is 0 Å². The number of aromatic amines is 1. The van der Waals surface area contributed by atoms with E-state index < -0.39 is 0 Å². The molecule has 0 saturated carbocycles. The standard InChI is InChI=1S/C13H17N3O3S/c1-8-3-9(2)15-13(19)10(8)4-14-11(17)5-16-7-20-6-12(16)18/h3H,4-7H2,1-2H3,(H,14,17)(H,15,19). The van der Waals surface area contributed by atoms with Crippen LogP contribution in [0.15, 0.2) is 10.9 Å². The van der Waals surface area contributed by atoms with E-state index >= 15 is 0 Å². The van der Waals surface area contributed by atoms with Gasteiger partial charge in [-0.2, -0.15) is 0 Å². The fourth-order valence-corrected chi connectivity index (χ4v) is 2.96. The SMILES string of the molecule is Cc1cc(C)c(CNC(=O)CN2CSCC2=O)c(=O)[nH]1. The number of aromatic nitrogens is 1. The van der Waals surface area contributed by atoms with Crippen LogP contribution in [0.1, 0.15) is 16.8 Å². The lowest BCUT2D eigenvalue weighted by atomic mass is 10.1. The van der Waals surface area contributed by atoms with Crippen LogP contribution in [-0.2, 0) is 16.1 Å². The Kier molecular flexibility index (Phi) is 4.49. The van der Waals surface area contributed by atoms with E-state index in [0.29, 0.717) is 17.2 Å². The van der Waals surface area contributed by atoms with Gasteiger partial charge in [-0.1, -0.05) is 0 Å². The molecule has 0 radical (unpaired) electrons. The molecule has 1 saturated heterocycles. The van der Waals surface area contributed by atoms with Crippen LogP contribution in [0.2, 0.25) is 0 Å². The summed E-state index contributed by atoms with van der Waals surface area (Å²) in [6.07, 6.45) is 0. The van der Waals surface area contributed by atoms with Gasteiger partial charge in [0, 0.05) is 17.8 Å². The highest BCUT2D eigenvalue weighted by atomic mass is 32.2. The maximum absolute atomic E-state index is 11.8. The normalized spacial score (nSPS) is 14.7. The van der Waals surface area contributed by atoms with Gasteiger partial charge in [-0.25, -0.2) is 0 Å². The summed E-state index contributed by atoms with van der Waals surface area (Å²) in [6, 6.07) is 1.86. The molecule has 7 heteroatoms. The van der Waals surface area contributed by atoms with E-state index in [1.165, 1.54) is 16.7 Å². The average Bonchev–Trinajstić information content (AvgIpc) is 2.73. The first-order valence-electron chi connectivity index (χ1n) is 6.29. The summed E-state index contributed by atoms with van der Waals surface area (Å²) in [5.74, 6) is 0.718. The monoisotopic (exact) mass is 295 g/mol. The molecular formula is C13H17N3O3S. The van der Waals surface area contributed by atoms with E-state index in [9.17, 15) is 14.4 Å². The molecule has 0 bridgehead atoms. The van der Waals surface area contributed by atoms with Gasteiger partial charge in [0.25, 0.3) is 5.56 Å². The minimum atomic E-state index is -0.250. The van der Waals surface area contributed by atoms with Crippen molar-refractivity contribution in [3.05, 3.63) is 33.2 Å². The van der Waals surface area contributed by atoms with Crippen molar-refractivity contribution in [3.63, 3.8) is 0 Å². The topological polar surface area (TPSA) is 82.3 Å². The Morgan fingerprint density at radius 3 is 2.80 bits per heavy atom. The van der Waals surface area contributed by atoms with E-state index in [-0.39, 0.29) is 30.5 Å². The lowest BCUT2D eigenvalue weighted by molar-refractivity contribution is -0.132. The Morgan fingerprint density at radius 2 is 2.20 bits per heavy atom. The molecule has 1 aromatic rings. The number of carbonyl (C=O) groups is 2. The zero-order chi connectivity index (χ0) is 14.7. The largest absolute Gasteiger partial charge is 0.350 e. The Labute approximate surface area is 120 Å². The molecule has 0 aromatic carbocycles. The van der Waals surface area contributed by atoms with Gasteiger partial charge in [0.2, 0.25) is 11.8 Å². The molecule has 1 fully saturated rings. The smallest absolute Gasteiger partial charge is 0.253 e. The lowest BCUT2D eigenvalue weighted by Crippen LogP contribution is -2.38. The van der Waals surface area contributed by atoms with Crippen LogP contribution in [0.4, 0.5) is 0 Å². The van der Waals surface area contributed by atoms with Crippen LogP contribution >= 0.6 is 11.8 Å². The number of nitrogens with one attached hydrogen (secondary N) is 2. The quantitative estimate of drug-likeness (QED) is 0.828. The maximum Gasteiger partial charge on any atom is 0.253 e. The van der Waals surface area contributed by atoms with Crippen molar-refractivity contribution in [1.82, 2.24) is 15.2 Å². The van der Waals surface area contributed by atoms with E-state index in [2.05, 4.69) is 10.3 Å². The molecule has 1 aliphatic heterocycles. The fourth-order valence-electron chi connectivity index (χ4n) is 2.06. The van der Waals surface area contributed by atoms with Crippen LogP contribution in [-0.4, -0.2) is 39.9 Å². The maximum atomic E-state index is 11.8. The molecule has 0 aliphatic carbocycles. The summed E-state index contributed by atoms with van der Waals surface area (Å²) < 4.78 is 0. The zero-order valence-electron chi connectivity index (χ0n) is 11.5. The van der Waals surface area contributed by atoms with Crippen molar-refractivity contribution in [2.24, 2.45) is 0 Å². The summed E-state index contributed by atoms with van der Waals surface area (Å²) in [6.45, 7) is 3.88. The van der Waals surface area contributed by atoms with Crippen LogP contribution in [0, 0.1) is 13.8 Å². The molecule has 1 aromatic heterocycles. The predicted octanol–water partition coefficient (Wildman–Crippen LogP) is 0.141. The zero-order valence-corrected chi connectivity index (χ0v) is 12.3. The molecule has 20 heavy (non-hydrogen) atoms. The number of rotatable bonds is 4. The fraction of sp³-hybridized carbons (Fsp3) is 0.462. The molecule has 2 rings (SSSR count). The Balaban J connectivity index is 1.94. The Hall–Kier alpha value is -1.76. The Bertz CT molecular complexity index is 597. The summed E-state index contributed by atoms with van der Waals surface area (Å²) >= 11 is 1.49. The van der Waals surface area contributed by atoms with Crippen LogP contribution < -0.4 is 10.9 Å². The van der Waals surface area contributed by atoms with Crippen molar-refractivity contribution < 1.29 is 9.59 Å². The summed E-state index contributed by atoms with van der Waals surface area (Å²) in [5.41, 5.74) is 2.00. The van der Waals surface area contributed by atoms with Gasteiger partial charge in [0.15, 0.2) is 0 Å². The van der Waals surface area contributed by atoms with Crippen molar-refractivity contribution in [1.29, 1.82) is 0 Å². The van der Waals surface area contributed by atoms with E-state index in [0.717, 1.165) is 11.3 Å². The second-order valence-corrected chi connectivity index (χ2v) is 5.74. The van der Waals surface area contributed by atoms with E-state index in [1.54, 1.807) is 0 Å². The van der Waals surface area contributed by atoms with E-state index in [1.807, 2.05) is 19.9 Å². The first-order chi connectivity index (χ1) is 9.47. The highest BCUT2D eigenvalue weighted by molar-refractivity contribution is 8.00. The number of aryl methyl sites for hydroxylation is 2. The minimum absolute atomic E-state index is 0.0190. The molecule has 108 valence electrons. The van der Waals surface area contributed by atoms with Gasteiger partial charge in [-0.3, -0.25) is 14.4 Å². The van der Waals surface area contributed by atoms with Gasteiger partial charge in [-0.15, -0.1) is 11.8 Å². The number of nitrogens with zero attached hydrogens (tertiary/aromatic N) is 1. The van der Waals surface area contributed by atoms with Crippen molar-refractivity contribution in [2.45, 2.75) is 20.4 Å². The van der Waals surface area contributed by atoms with Gasteiger partial charge in [0.05, 0.1) is 11.6 Å². The van der Waals surface area contributed by atoms with Gasteiger partial charge in [-0.05, 0) is 25.5 Å². The highest BCUT2D eigenvalue weighted by Crippen LogP contribution is 2.13. The van der Waals surface area contributed by atoms with Gasteiger partial charge < -0.3 is 15.2 Å². The number of thioether (sulfide) groups is 1. The third kappa shape index (κ3) is 3.41. The van der Waals surface area contributed by atoms with Gasteiger partial charge >= 0.3 is 0 Å². The van der Waals surface area contributed by atoms with E-state index in [4.69, 9.17) is 0 Å². The van der Waals surface area contributed by atoms with Crippen molar-refractivity contribution >= 4 is 23.6 Å². The first-order valence-corrected chi connectivity index (χ1v) is 7.44. The highest BCUT2D eigenvalue weighted by Gasteiger charge is 2.22. The second kappa shape index (κ2) is 6.13. The summed E-state index contributed by atoms with van der Waals surface area (Å²) in [5, 5.41) is 2.69. The Morgan fingerprint density at radius 1 is 1.45 bits per heavy atom. The minimum Gasteiger partial charge on any atom is -0.350 e. The molecule has 0 atom stereocenters. The molecule has 6 nitrogen and oxygen atoms in total. The number of H-pyrrole nitrogens is 1. The van der Waals surface area contributed by atoms with Crippen molar-refractivity contribution in [2.75, 3.05) is 18.2 Å². The number of amides is 2. The van der Waals surface area contributed by atoms with Crippen LogP contribution in [0.25, 0.3) is 0 Å². The molecule has 2 heterocycles. The second-order valence-electron chi connectivity index (χ2n) is 4.79. The number of pyridine rings is 1. The molecule has 0 spiro atoms. The van der Waals surface area contributed by atoms with Crippen LogP contribution in [0.3, 0.4) is 0 Å². The number of carbonyl (C=O) groups excluding carboxylic acids is 2. The number of hydrogen-bond donors (Lipinski definition) is 2. The molecule has 2 N–H and O–H groups in total. The first kappa shape index (κ1) is 14.6. The summed E-state index contributed by atoms with van der Waals surface area (Å²) in [4.78, 5) is 39.2. The molecule has 1 aliphatic rings. The molecule has 2 amide bonds. The number of hydrogen-bond acceptors (Lipinski definition) is 4. The molecular weight excluding hydrogens is 278 g/mol.